The van der Waals surface area contributed by atoms with E-state index < -0.39 is 48.7 Å². The lowest BCUT2D eigenvalue weighted by molar-refractivity contribution is -0.0204. The number of hydrogen-bond donors (Lipinski definition) is 6. The normalized spacial score (nSPS) is 24.0. The molecule has 0 saturated carbocycles. The number of anilines is 1. The van der Waals surface area contributed by atoms with Gasteiger partial charge in [-0.15, -0.1) is 0 Å². The van der Waals surface area contributed by atoms with E-state index in [1.54, 1.807) is 0 Å². The van der Waals surface area contributed by atoms with Crippen LogP contribution in [0.5, 0.6) is 0 Å². The third kappa shape index (κ3) is 5.66. The molecule has 1 saturated heterocycles. The van der Waals surface area contributed by atoms with Gasteiger partial charge in [0.25, 0.3) is 5.56 Å². The molecule has 162 valence electrons. The number of aromatic amines is 1. The summed E-state index contributed by atoms with van der Waals surface area (Å²) in [6.07, 6.45) is 0.760. The zero-order valence-corrected chi connectivity index (χ0v) is 16.9. The highest BCUT2D eigenvalue weighted by Gasteiger charge is 2.39. The van der Waals surface area contributed by atoms with Gasteiger partial charge >= 0.3 is 24.2 Å². The smallest absolute Gasteiger partial charge is 0.369 e. The Bertz CT molecular complexity index is 1040. The van der Waals surface area contributed by atoms with Crippen molar-refractivity contribution in [3.8, 4) is 0 Å². The topological polar surface area (TPSA) is 242 Å². The van der Waals surface area contributed by atoms with Crippen LogP contribution in [0.25, 0.3) is 11.2 Å². The van der Waals surface area contributed by atoms with Gasteiger partial charge in [-0.05, 0) is 12.8 Å². The molecule has 7 N–H and O–H groups in total. The summed E-state index contributed by atoms with van der Waals surface area (Å²) in [7, 11) is -13.6. The summed E-state index contributed by atoms with van der Waals surface area (Å²) in [6.45, 7) is -0.500. The Morgan fingerprint density at radius 1 is 1.34 bits per heavy atom. The Morgan fingerprint density at radius 3 is 2.76 bits per heavy atom. The van der Waals surface area contributed by atoms with E-state index in [0.29, 0.717) is 12.8 Å². The third-order valence-corrected chi connectivity index (χ3v) is 7.19. The van der Waals surface area contributed by atoms with E-state index in [-0.39, 0.29) is 17.1 Å². The largest absolute Gasteiger partial charge is 0.487 e. The molecule has 0 aliphatic carbocycles. The van der Waals surface area contributed by atoms with Crippen molar-refractivity contribution >= 4 is 41.4 Å². The van der Waals surface area contributed by atoms with E-state index in [9.17, 15) is 18.8 Å². The zero-order chi connectivity index (χ0) is 21.4. The van der Waals surface area contributed by atoms with Gasteiger partial charge in [-0.1, -0.05) is 0 Å². The summed E-state index contributed by atoms with van der Waals surface area (Å²) < 4.78 is 42.5. The van der Waals surface area contributed by atoms with Crippen LogP contribution in [0.2, 0.25) is 0 Å². The quantitative estimate of drug-likeness (QED) is 0.272. The van der Waals surface area contributed by atoms with Crippen molar-refractivity contribution in [3.05, 3.63) is 16.7 Å². The Labute approximate surface area is 162 Å². The van der Waals surface area contributed by atoms with Crippen LogP contribution in [0.1, 0.15) is 19.1 Å². The molecule has 3 rings (SSSR count). The van der Waals surface area contributed by atoms with Crippen molar-refractivity contribution in [2.75, 3.05) is 12.3 Å². The lowest BCUT2D eigenvalue weighted by atomic mass is 10.2. The number of phosphoric ester groups is 1. The molecule has 1 fully saturated rings. The maximum atomic E-state index is 11.8. The molecule has 0 spiro atoms. The number of nitrogens with zero attached hydrogens (tertiary/aromatic N) is 3. The van der Waals surface area contributed by atoms with Gasteiger partial charge in [0.15, 0.2) is 11.2 Å². The van der Waals surface area contributed by atoms with Crippen LogP contribution in [0.4, 0.5) is 5.95 Å². The lowest BCUT2D eigenvalue weighted by Crippen LogP contribution is -2.17. The van der Waals surface area contributed by atoms with Gasteiger partial charge in [0.05, 0.1) is 19.0 Å². The molecule has 1 aliphatic heterocycles. The Hall–Kier alpha value is -1.28. The van der Waals surface area contributed by atoms with Crippen molar-refractivity contribution in [2.45, 2.75) is 25.2 Å². The number of nitrogen functional groups attached to an aromatic ring is 1. The first-order valence-corrected chi connectivity index (χ1v) is 11.9. The Kier molecular flexibility index (Phi) is 6.53. The zero-order valence-electron chi connectivity index (χ0n) is 14.3. The highest BCUT2D eigenvalue weighted by Crippen LogP contribution is 2.64. The molecule has 2 aromatic rings. The SMILES string of the molecule is Nc1nc2c(ncn2C2CCC(COP(=O)(O)OP(=O)(O)OP(O)O)O2)c(=O)[nH]1. The first-order chi connectivity index (χ1) is 13.5. The number of nitrogens with two attached hydrogens (primary N) is 1. The second-order valence-electron chi connectivity index (χ2n) is 5.71. The monoisotopic (exact) mass is 475 g/mol. The molecule has 0 aromatic carbocycles. The predicted octanol–water partition coefficient (Wildman–Crippen LogP) is -0.159. The number of H-pyrrole nitrogens is 1. The minimum absolute atomic E-state index is 0.0576. The fourth-order valence-corrected chi connectivity index (χ4v) is 5.32. The van der Waals surface area contributed by atoms with E-state index >= 15 is 0 Å². The second kappa shape index (κ2) is 8.46. The molecule has 0 amide bonds. The number of ether oxygens (including phenoxy) is 1. The number of aromatic nitrogens is 4. The lowest BCUT2D eigenvalue weighted by Gasteiger charge is -2.18. The summed E-state index contributed by atoms with van der Waals surface area (Å²) in [5.74, 6) is -0.106. The summed E-state index contributed by atoms with van der Waals surface area (Å²) in [6, 6.07) is 0. The average molecular weight is 475 g/mol. The maximum Gasteiger partial charge on any atom is 0.487 e. The standard InChI is InChI=1S/C10H16N5O11P3/c11-10-13-8-7(9(16)14-10)12-4-15(8)6-2-1-5(24-6)3-23-28(19,20)26-29(21,22)25-27(17)18/h4-6,17-18H,1-3H2,(H,19,20)(H,21,22)(H3,11,13,14,16). The number of phosphoric acid groups is 2. The van der Waals surface area contributed by atoms with Crippen LogP contribution in [0.3, 0.4) is 0 Å². The van der Waals surface area contributed by atoms with Crippen LogP contribution in [0, 0.1) is 0 Å². The molecule has 2 aromatic heterocycles. The second-order valence-corrected chi connectivity index (χ2v) is 9.66. The van der Waals surface area contributed by atoms with Crippen LogP contribution < -0.4 is 11.3 Å². The van der Waals surface area contributed by atoms with Crippen molar-refractivity contribution in [1.29, 1.82) is 0 Å². The summed E-state index contributed by atoms with van der Waals surface area (Å²) in [5, 5.41) is 0. The molecule has 16 nitrogen and oxygen atoms in total. The molecule has 1 aliphatic rings. The van der Waals surface area contributed by atoms with E-state index in [2.05, 4.69) is 28.1 Å². The number of imidazole rings is 1. The first-order valence-electron chi connectivity index (χ1n) is 7.72. The van der Waals surface area contributed by atoms with E-state index in [1.165, 1.54) is 10.9 Å². The Morgan fingerprint density at radius 2 is 2.07 bits per heavy atom. The number of hydrogen-bond acceptors (Lipinski definition) is 12. The van der Waals surface area contributed by atoms with Gasteiger partial charge < -0.3 is 30.0 Å². The fraction of sp³-hybridized carbons (Fsp3) is 0.500. The highest BCUT2D eigenvalue weighted by atomic mass is 31.3. The molecule has 19 heteroatoms. The Balaban J connectivity index is 1.61. The van der Waals surface area contributed by atoms with Crippen LogP contribution >= 0.6 is 24.2 Å². The molecular weight excluding hydrogens is 459 g/mol. The molecule has 29 heavy (non-hydrogen) atoms. The van der Waals surface area contributed by atoms with Gasteiger partial charge in [0, 0.05) is 0 Å². The average Bonchev–Trinajstić information content (AvgIpc) is 3.16. The van der Waals surface area contributed by atoms with Gasteiger partial charge in [0.2, 0.25) is 5.95 Å². The number of nitrogens with one attached hydrogen (secondary N) is 1. The van der Waals surface area contributed by atoms with E-state index in [4.69, 9.17) is 25.2 Å². The van der Waals surface area contributed by atoms with Gasteiger partial charge in [-0.25, -0.2) is 18.4 Å². The van der Waals surface area contributed by atoms with Crippen molar-refractivity contribution in [1.82, 2.24) is 19.5 Å². The minimum atomic E-state index is -5.24. The van der Waals surface area contributed by atoms with Crippen molar-refractivity contribution in [3.63, 3.8) is 0 Å². The van der Waals surface area contributed by atoms with Crippen LogP contribution in [-0.2, 0) is 27.0 Å². The minimum Gasteiger partial charge on any atom is -0.369 e. The third-order valence-electron chi connectivity index (χ3n) is 3.65. The van der Waals surface area contributed by atoms with E-state index in [1.807, 2.05) is 0 Å². The van der Waals surface area contributed by atoms with Crippen molar-refractivity contribution < 1.29 is 46.6 Å². The summed E-state index contributed by atoms with van der Waals surface area (Å²) >= 11 is 0. The summed E-state index contributed by atoms with van der Waals surface area (Å²) in [4.78, 5) is 57.8. The van der Waals surface area contributed by atoms with Gasteiger partial charge in [-0.3, -0.25) is 18.9 Å². The fourth-order valence-electron chi connectivity index (χ4n) is 2.61. The van der Waals surface area contributed by atoms with Gasteiger partial charge in [-0.2, -0.15) is 9.29 Å². The number of fused-ring (bicyclic) bond motifs is 1. The molecule has 4 atom stereocenters. The molecular formula is C10H16N5O11P3. The van der Waals surface area contributed by atoms with E-state index in [0.717, 1.165) is 0 Å². The molecule has 0 bridgehead atoms. The summed E-state index contributed by atoms with van der Waals surface area (Å²) in [5.41, 5.74) is 5.26. The van der Waals surface area contributed by atoms with Gasteiger partial charge in [0.1, 0.15) is 6.23 Å². The molecule has 4 unspecified atom stereocenters. The van der Waals surface area contributed by atoms with Crippen LogP contribution in [0.15, 0.2) is 11.1 Å². The molecule has 0 radical (unpaired) electrons. The van der Waals surface area contributed by atoms with Crippen LogP contribution in [-0.4, -0.2) is 51.8 Å². The number of rotatable bonds is 8. The first kappa shape index (κ1) is 22.4. The van der Waals surface area contributed by atoms with Crippen molar-refractivity contribution in [2.24, 2.45) is 0 Å². The highest BCUT2D eigenvalue weighted by molar-refractivity contribution is 7.65. The maximum absolute atomic E-state index is 11.8. The predicted molar refractivity (Wildman–Crippen MR) is 94.8 cm³/mol. The molecule has 3 heterocycles.